The van der Waals surface area contributed by atoms with E-state index < -0.39 is 0 Å². The molecule has 1 aliphatic rings. The molecule has 3 heterocycles. The summed E-state index contributed by atoms with van der Waals surface area (Å²) in [7, 11) is 0. The molecular formula is C54H32N2S. The van der Waals surface area contributed by atoms with Gasteiger partial charge in [-0.2, -0.15) is 0 Å². The van der Waals surface area contributed by atoms with Gasteiger partial charge in [0.05, 0.1) is 21.4 Å². The Morgan fingerprint density at radius 1 is 0.456 bits per heavy atom. The van der Waals surface area contributed by atoms with Crippen LogP contribution in [0.4, 0.5) is 0 Å². The molecule has 57 heavy (non-hydrogen) atoms. The Labute approximate surface area is 332 Å². The van der Waals surface area contributed by atoms with Crippen LogP contribution in [0, 0.1) is 0 Å². The van der Waals surface area contributed by atoms with Gasteiger partial charge in [0.1, 0.15) is 0 Å². The Balaban J connectivity index is 1.03. The molecule has 0 saturated carbocycles. The Hall–Kier alpha value is -7.07. The zero-order valence-electron chi connectivity index (χ0n) is 30.8. The van der Waals surface area contributed by atoms with E-state index in [1.807, 2.05) is 17.5 Å². The van der Waals surface area contributed by atoms with E-state index in [1.54, 1.807) is 0 Å². The van der Waals surface area contributed by atoms with E-state index in [1.165, 1.54) is 108 Å². The van der Waals surface area contributed by atoms with Gasteiger partial charge in [-0.1, -0.05) is 140 Å². The fourth-order valence-electron chi connectivity index (χ4n) is 10.1. The third-order valence-electron chi connectivity index (χ3n) is 12.5. The van der Waals surface area contributed by atoms with Gasteiger partial charge in [-0.15, -0.1) is 11.3 Å². The van der Waals surface area contributed by atoms with E-state index >= 15 is 0 Å². The van der Waals surface area contributed by atoms with Gasteiger partial charge in [-0.05, 0) is 103 Å². The summed E-state index contributed by atoms with van der Waals surface area (Å²) in [6.07, 6.45) is 2.00. The van der Waals surface area contributed by atoms with E-state index in [-0.39, 0.29) is 5.92 Å². The minimum absolute atomic E-state index is 0.0796. The lowest BCUT2D eigenvalue weighted by Crippen LogP contribution is -2.03. The zero-order valence-corrected chi connectivity index (χ0v) is 31.6. The van der Waals surface area contributed by atoms with Gasteiger partial charge < -0.3 is 4.57 Å². The lowest BCUT2D eigenvalue weighted by Gasteiger charge is -2.18. The van der Waals surface area contributed by atoms with Crippen LogP contribution in [-0.2, 0) is 0 Å². The third-order valence-corrected chi connectivity index (χ3v) is 13.7. The molecule has 1 atom stereocenters. The molecule has 264 valence electrons. The standard InChI is InChI=1S/C54H32N2S/c1-2-12-34(13-3-1)56-48-21-11-10-19-41(48)44-26-25-43-39-18-8-9-20-42(39)50(51(43)53(44)56)32-23-27-49-47(30-32)45-28-29-55-52(54(45)57-49)33-22-24-40-37-16-5-4-14-35(37)36-15-6-7-17-38(36)46(40)31-33/h1-31,50H. The largest absolute Gasteiger partial charge is 0.309 e. The van der Waals surface area contributed by atoms with Gasteiger partial charge in [-0.25, -0.2) is 0 Å². The SMILES string of the molecule is c1ccc(-n2c3ccccc3c3ccc4c(c32)C(c2ccc3sc5c(-c6ccc7c8ccccc8c8ccccc8c7c6)nccc5c3c2)c2ccccc2-4)cc1. The summed E-state index contributed by atoms with van der Waals surface area (Å²) in [5, 5.41) is 12.8. The van der Waals surface area contributed by atoms with Crippen molar-refractivity contribution in [1.82, 2.24) is 9.55 Å². The van der Waals surface area contributed by atoms with Crippen molar-refractivity contribution in [3.63, 3.8) is 0 Å². The maximum Gasteiger partial charge on any atom is 0.0880 e. The lowest BCUT2D eigenvalue weighted by molar-refractivity contribution is 1.01. The number of hydrogen-bond acceptors (Lipinski definition) is 2. The minimum atomic E-state index is 0.0796. The molecule has 9 aromatic carbocycles. The van der Waals surface area contributed by atoms with Crippen LogP contribution >= 0.6 is 11.3 Å². The first-order chi connectivity index (χ1) is 28.3. The van der Waals surface area contributed by atoms with Gasteiger partial charge in [0.15, 0.2) is 0 Å². The Kier molecular flexibility index (Phi) is 6.41. The van der Waals surface area contributed by atoms with Crippen LogP contribution in [0.3, 0.4) is 0 Å². The molecule has 12 aromatic rings. The summed E-state index contributed by atoms with van der Waals surface area (Å²) in [5.74, 6) is 0.0796. The number of thiophene rings is 1. The fraction of sp³-hybridized carbons (Fsp3) is 0.0185. The first-order valence-corrected chi connectivity index (χ1v) is 20.5. The first kappa shape index (κ1) is 31.2. The van der Waals surface area contributed by atoms with Gasteiger partial charge in [0.25, 0.3) is 0 Å². The van der Waals surface area contributed by atoms with E-state index in [2.05, 4.69) is 187 Å². The molecule has 0 saturated heterocycles. The Morgan fingerprint density at radius 2 is 1.12 bits per heavy atom. The number of rotatable bonds is 3. The number of para-hydroxylation sites is 2. The average molecular weight is 741 g/mol. The molecule has 0 spiro atoms. The van der Waals surface area contributed by atoms with Crippen molar-refractivity contribution < 1.29 is 0 Å². The normalized spacial score (nSPS) is 13.8. The van der Waals surface area contributed by atoms with Crippen LogP contribution in [0.2, 0.25) is 0 Å². The summed E-state index contributed by atoms with van der Waals surface area (Å²) in [6, 6.07) is 67.4. The summed E-state index contributed by atoms with van der Waals surface area (Å²) < 4.78 is 5.00. The second kappa shape index (κ2) is 11.7. The van der Waals surface area contributed by atoms with E-state index in [9.17, 15) is 0 Å². The molecule has 0 amide bonds. The number of hydrogen-bond donors (Lipinski definition) is 0. The highest BCUT2D eigenvalue weighted by Crippen LogP contribution is 2.53. The molecule has 0 bridgehead atoms. The highest BCUT2D eigenvalue weighted by atomic mass is 32.1. The molecule has 3 aromatic heterocycles. The Morgan fingerprint density at radius 3 is 1.93 bits per heavy atom. The maximum absolute atomic E-state index is 5.08. The van der Waals surface area contributed by atoms with Crippen molar-refractivity contribution in [2.45, 2.75) is 5.92 Å². The fourth-order valence-corrected chi connectivity index (χ4v) is 11.3. The number of fused-ring (bicyclic) bond motifs is 16. The van der Waals surface area contributed by atoms with Gasteiger partial charge in [0, 0.05) is 49.6 Å². The van der Waals surface area contributed by atoms with Gasteiger partial charge >= 0.3 is 0 Å². The summed E-state index contributed by atoms with van der Waals surface area (Å²) in [6.45, 7) is 0. The second-order valence-electron chi connectivity index (χ2n) is 15.4. The van der Waals surface area contributed by atoms with Crippen LogP contribution in [0.25, 0.3) is 102 Å². The minimum Gasteiger partial charge on any atom is -0.309 e. The first-order valence-electron chi connectivity index (χ1n) is 19.7. The molecule has 0 radical (unpaired) electrons. The van der Waals surface area contributed by atoms with Crippen molar-refractivity contribution in [2.75, 3.05) is 0 Å². The number of pyridine rings is 1. The van der Waals surface area contributed by atoms with Crippen LogP contribution in [0.1, 0.15) is 22.6 Å². The van der Waals surface area contributed by atoms with Crippen molar-refractivity contribution in [3.8, 4) is 28.1 Å². The van der Waals surface area contributed by atoms with Gasteiger partial charge in [0.2, 0.25) is 0 Å². The van der Waals surface area contributed by atoms with Crippen LogP contribution in [-0.4, -0.2) is 9.55 Å². The smallest absolute Gasteiger partial charge is 0.0880 e. The monoisotopic (exact) mass is 740 g/mol. The van der Waals surface area contributed by atoms with E-state index in [4.69, 9.17) is 4.98 Å². The van der Waals surface area contributed by atoms with Crippen molar-refractivity contribution in [2.24, 2.45) is 0 Å². The highest BCUT2D eigenvalue weighted by molar-refractivity contribution is 7.26. The number of aromatic nitrogens is 2. The quantitative estimate of drug-likeness (QED) is 0.165. The summed E-state index contributed by atoms with van der Waals surface area (Å²) >= 11 is 1.86. The molecule has 13 rings (SSSR count). The Bertz CT molecular complexity index is 3610. The van der Waals surface area contributed by atoms with E-state index in [0.717, 1.165) is 11.3 Å². The molecule has 0 fully saturated rings. The van der Waals surface area contributed by atoms with Gasteiger partial charge in [-0.3, -0.25) is 4.98 Å². The summed E-state index contributed by atoms with van der Waals surface area (Å²) in [5.41, 5.74) is 12.6. The van der Waals surface area contributed by atoms with Crippen LogP contribution < -0.4 is 0 Å². The van der Waals surface area contributed by atoms with Crippen LogP contribution in [0.15, 0.2) is 188 Å². The lowest BCUT2D eigenvalue weighted by atomic mass is 9.87. The highest BCUT2D eigenvalue weighted by Gasteiger charge is 2.34. The predicted molar refractivity (Wildman–Crippen MR) is 242 cm³/mol. The van der Waals surface area contributed by atoms with Crippen LogP contribution in [0.5, 0.6) is 0 Å². The molecule has 3 heteroatoms. The second-order valence-corrected chi connectivity index (χ2v) is 16.4. The molecule has 1 aliphatic carbocycles. The molecule has 0 N–H and O–H groups in total. The van der Waals surface area contributed by atoms with Crippen molar-refractivity contribution >= 4 is 85.6 Å². The molecule has 1 unspecified atom stereocenters. The van der Waals surface area contributed by atoms with Crippen molar-refractivity contribution in [3.05, 3.63) is 205 Å². The predicted octanol–water partition coefficient (Wildman–Crippen LogP) is 14.8. The molecule has 0 aliphatic heterocycles. The van der Waals surface area contributed by atoms with E-state index in [0.29, 0.717) is 0 Å². The molecular weight excluding hydrogens is 709 g/mol. The topological polar surface area (TPSA) is 17.8 Å². The average Bonchev–Trinajstić information content (AvgIpc) is 3.94. The number of benzene rings is 9. The number of nitrogens with zero attached hydrogens (tertiary/aromatic N) is 2. The third kappa shape index (κ3) is 4.32. The summed E-state index contributed by atoms with van der Waals surface area (Å²) in [4.78, 5) is 5.08. The zero-order chi connectivity index (χ0) is 37.2. The molecule has 2 nitrogen and oxygen atoms in total. The van der Waals surface area contributed by atoms with Crippen molar-refractivity contribution in [1.29, 1.82) is 0 Å². The maximum atomic E-state index is 5.08.